The van der Waals surface area contributed by atoms with Crippen LogP contribution in [0.15, 0.2) is 11.6 Å². The predicted molar refractivity (Wildman–Crippen MR) is 49.3 cm³/mol. The molecule has 0 N–H and O–H groups in total. The van der Waals surface area contributed by atoms with Crippen molar-refractivity contribution in [3.05, 3.63) is 11.6 Å². The van der Waals surface area contributed by atoms with Gasteiger partial charge < -0.3 is 0 Å². The molecule has 1 fully saturated rings. The molecule has 0 aliphatic heterocycles. The molecule has 0 spiro atoms. The molecule has 0 radical (unpaired) electrons. The summed E-state index contributed by atoms with van der Waals surface area (Å²) in [5, 5.41) is 0. The fourth-order valence-electron chi connectivity index (χ4n) is 2.62. The highest BCUT2D eigenvalue weighted by Crippen LogP contribution is 2.48. The molecule has 2 heteroatoms. The Morgan fingerprint density at radius 3 is 2.77 bits per heavy atom. The molecule has 0 heterocycles. The van der Waals surface area contributed by atoms with Crippen LogP contribution in [0.5, 0.6) is 0 Å². The van der Waals surface area contributed by atoms with Crippen LogP contribution in [0.4, 0.5) is 0 Å². The second kappa shape index (κ2) is 2.79. The number of allylic oxidation sites excluding steroid dienone is 2. The van der Waals surface area contributed by atoms with E-state index in [0.29, 0.717) is 18.6 Å². The van der Waals surface area contributed by atoms with Gasteiger partial charge in [-0.05, 0) is 25.3 Å². The first kappa shape index (κ1) is 8.67. The van der Waals surface area contributed by atoms with Gasteiger partial charge in [-0.25, -0.2) is 0 Å². The van der Waals surface area contributed by atoms with Crippen molar-refractivity contribution in [2.24, 2.45) is 5.41 Å². The van der Waals surface area contributed by atoms with Crippen LogP contribution in [0.1, 0.15) is 39.0 Å². The third-order valence-electron chi connectivity index (χ3n) is 3.51. The van der Waals surface area contributed by atoms with Crippen molar-refractivity contribution in [3.8, 4) is 0 Å². The Morgan fingerprint density at radius 2 is 2.08 bits per heavy atom. The van der Waals surface area contributed by atoms with Gasteiger partial charge in [0.05, 0.1) is 5.41 Å². The second-order valence-electron chi connectivity index (χ2n) is 3.99. The van der Waals surface area contributed by atoms with E-state index in [9.17, 15) is 9.59 Å². The number of carbonyl (C=O) groups is 2. The van der Waals surface area contributed by atoms with Gasteiger partial charge in [-0.1, -0.05) is 12.5 Å². The number of fused-ring (bicyclic) bond motifs is 1. The molecule has 2 nitrogen and oxygen atoms in total. The first-order valence-corrected chi connectivity index (χ1v) is 4.96. The maximum absolute atomic E-state index is 11.7. The minimum Gasteiger partial charge on any atom is -0.299 e. The molecular weight excluding hydrogens is 164 g/mol. The van der Waals surface area contributed by atoms with E-state index in [1.54, 1.807) is 6.08 Å². The van der Waals surface area contributed by atoms with Crippen LogP contribution in [-0.2, 0) is 9.59 Å². The van der Waals surface area contributed by atoms with Crippen molar-refractivity contribution >= 4 is 11.6 Å². The molecule has 0 saturated heterocycles. The van der Waals surface area contributed by atoms with Gasteiger partial charge in [0.15, 0.2) is 5.78 Å². The quantitative estimate of drug-likeness (QED) is 0.615. The Balaban J connectivity index is 2.44. The van der Waals surface area contributed by atoms with Crippen molar-refractivity contribution in [2.75, 3.05) is 0 Å². The van der Waals surface area contributed by atoms with Gasteiger partial charge in [-0.2, -0.15) is 0 Å². The first-order chi connectivity index (χ1) is 6.19. The summed E-state index contributed by atoms with van der Waals surface area (Å²) in [4.78, 5) is 22.9. The molecule has 0 aromatic carbocycles. The van der Waals surface area contributed by atoms with Crippen LogP contribution >= 0.6 is 0 Å². The average Bonchev–Trinajstić information content (AvgIpc) is 2.44. The van der Waals surface area contributed by atoms with E-state index in [1.807, 2.05) is 6.92 Å². The summed E-state index contributed by atoms with van der Waals surface area (Å²) in [7, 11) is 0. The maximum Gasteiger partial charge on any atom is 0.155 e. The lowest BCUT2D eigenvalue weighted by atomic mass is 9.71. The van der Waals surface area contributed by atoms with Crippen LogP contribution in [0.3, 0.4) is 0 Å². The lowest BCUT2D eigenvalue weighted by molar-refractivity contribution is -0.126. The van der Waals surface area contributed by atoms with E-state index in [1.165, 1.54) is 0 Å². The standard InChI is InChI=1S/C11H14O2/c1-2-11-6-5-9(12)7-8(11)3-4-10(11)13/h7H,2-6H2,1H3/t11-/m1/s1. The molecule has 0 aromatic rings. The van der Waals surface area contributed by atoms with Gasteiger partial charge in [0, 0.05) is 12.8 Å². The fraction of sp³-hybridized carbons (Fsp3) is 0.636. The SMILES string of the molecule is CC[C@@]12CCC(=O)C=C1CCC2=O. The fourth-order valence-corrected chi connectivity index (χ4v) is 2.62. The number of ketones is 2. The van der Waals surface area contributed by atoms with Gasteiger partial charge in [0.2, 0.25) is 0 Å². The summed E-state index contributed by atoms with van der Waals surface area (Å²) < 4.78 is 0. The normalized spacial score (nSPS) is 33.2. The summed E-state index contributed by atoms with van der Waals surface area (Å²) in [6.07, 6.45) is 5.37. The number of hydrogen-bond donors (Lipinski definition) is 0. The molecule has 1 atom stereocenters. The van der Waals surface area contributed by atoms with Gasteiger partial charge in [0.25, 0.3) is 0 Å². The third-order valence-corrected chi connectivity index (χ3v) is 3.51. The largest absolute Gasteiger partial charge is 0.299 e. The van der Waals surface area contributed by atoms with Crippen LogP contribution < -0.4 is 0 Å². The van der Waals surface area contributed by atoms with Crippen LogP contribution in [0, 0.1) is 5.41 Å². The second-order valence-corrected chi connectivity index (χ2v) is 3.99. The number of rotatable bonds is 1. The first-order valence-electron chi connectivity index (χ1n) is 4.96. The summed E-state index contributed by atoms with van der Waals surface area (Å²) in [5.74, 6) is 0.558. The molecule has 70 valence electrons. The van der Waals surface area contributed by atoms with Crippen molar-refractivity contribution in [1.82, 2.24) is 0 Å². The van der Waals surface area contributed by atoms with E-state index < -0.39 is 0 Å². The zero-order valence-electron chi connectivity index (χ0n) is 7.93. The Labute approximate surface area is 78.0 Å². The van der Waals surface area contributed by atoms with E-state index in [2.05, 4.69) is 0 Å². The molecule has 13 heavy (non-hydrogen) atoms. The molecule has 0 unspecified atom stereocenters. The highest BCUT2D eigenvalue weighted by atomic mass is 16.1. The lowest BCUT2D eigenvalue weighted by Gasteiger charge is -2.30. The monoisotopic (exact) mass is 178 g/mol. The third kappa shape index (κ3) is 1.08. The minimum atomic E-state index is -0.228. The number of hydrogen-bond acceptors (Lipinski definition) is 2. The van der Waals surface area contributed by atoms with Crippen LogP contribution in [0.2, 0.25) is 0 Å². The zero-order valence-corrected chi connectivity index (χ0v) is 7.93. The van der Waals surface area contributed by atoms with E-state index in [-0.39, 0.29) is 11.2 Å². The smallest absolute Gasteiger partial charge is 0.155 e. The molecular formula is C11H14O2. The number of Topliss-reactive ketones (excluding diaryl/α,β-unsaturated/α-hetero) is 1. The van der Waals surface area contributed by atoms with E-state index in [0.717, 1.165) is 24.8 Å². The molecule has 0 amide bonds. The minimum absolute atomic E-state index is 0.203. The van der Waals surface area contributed by atoms with Gasteiger partial charge in [-0.15, -0.1) is 0 Å². The van der Waals surface area contributed by atoms with Gasteiger partial charge in [-0.3, -0.25) is 9.59 Å². The van der Waals surface area contributed by atoms with Crippen molar-refractivity contribution in [3.63, 3.8) is 0 Å². The zero-order chi connectivity index (χ0) is 9.47. The predicted octanol–water partition coefficient (Wildman–Crippen LogP) is 2.04. The molecule has 2 aliphatic rings. The topological polar surface area (TPSA) is 34.1 Å². The van der Waals surface area contributed by atoms with Crippen LogP contribution in [0.25, 0.3) is 0 Å². The Morgan fingerprint density at radius 1 is 1.31 bits per heavy atom. The van der Waals surface area contributed by atoms with E-state index in [4.69, 9.17) is 0 Å². The Hall–Kier alpha value is -0.920. The van der Waals surface area contributed by atoms with E-state index >= 15 is 0 Å². The number of carbonyl (C=O) groups excluding carboxylic acids is 2. The van der Waals surface area contributed by atoms with Gasteiger partial charge in [0.1, 0.15) is 5.78 Å². The van der Waals surface area contributed by atoms with Crippen molar-refractivity contribution in [2.45, 2.75) is 39.0 Å². The van der Waals surface area contributed by atoms with Gasteiger partial charge >= 0.3 is 0 Å². The maximum atomic E-state index is 11.7. The summed E-state index contributed by atoms with van der Waals surface area (Å²) in [6, 6.07) is 0. The van der Waals surface area contributed by atoms with Crippen LogP contribution in [-0.4, -0.2) is 11.6 Å². The average molecular weight is 178 g/mol. The lowest BCUT2D eigenvalue weighted by Crippen LogP contribution is -2.30. The molecule has 2 rings (SSSR count). The van der Waals surface area contributed by atoms with Crippen molar-refractivity contribution < 1.29 is 9.59 Å². The molecule has 0 aromatic heterocycles. The molecule has 1 saturated carbocycles. The highest BCUT2D eigenvalue weighted by molar-refractivity contribution is 5.99. The summed E-state index contributed by atoms with van der Waals surface area (Å²) in [6.45, 7) is 2.05. The van der Waals surface area contributed by atoms with Crippen molar-refractivity contribution in [1.29, 1.82) is 0 Å². The highest BCUT2D eigenvalue weighted by Gasteiger charge is 2.46. The Kier molecular flexibility index (Phi) is 1.86. The Bertz CT molecular complexity index is 301. The summed E-state index contributed by atoms with van der Waals surface area (Å²) >= 11 is 0. The summed E-state index contributed by atoms with van der Waals surface area (Å²) in [5.41, 5.74) is 0.879. The molecule has 0 bridgehead atoms. The molecule has 2 aliphatic carbocycles.